The van der Waals surface area contributed by atoms with Crippen LogP contribution in [0.3, 0.4) is 0 Å². The molecule has 7 heteroatoms. The second-order valence-corrected chi connectivity index (χ2v) is 4.44. The molecule has 2 rings (SSSR count). The van der Waals surface area contributed by atoms with Crippen molar-refractivity contribution in [2.75, 3.05) is 0 Å². The molecule has 1 atom stereocenters. The summed E-state index contributed by atoms with van der Waals surface area (Å²) in [6.07, 6.45) is 2.48. The zero-order valence-corrected chi connectivity index (χ0v) is 11.2. The van der Waals surface area contributed by atoms with Crippen LogP contribution in [0.25, 0.3) is 0 Å². The molecule has 0 radical (unpaired) electrons. The van der Waals surface area contributed by atoms with Crippen LogP contribution in [0.5, 0.6) is 5.75 Å². The highest BCUT2D eigenvalue weighted by Gasteiger charge is 2.15. The van der Waals surface area contributed by atoms with E-state index in [1.54, 1.807) is 12.5 Å². The number of benzene rings is 1. The molecule has 1 heterocycles. The smallest absolute Gasteiger partial charge is 0.270 e. The second kappa shape index (κ2) is 5.70. The van der Waals surface area contributed by atoms with Gasteiger partial charge in [0.15, 0.2) is 0 Å². The molecule has 1 aromatic carbocycles. The van der Waals surface area contributed by atoms with E-state index in [4.69, 9.17) is 4.74 Å². The van der Waals surface area contributed by atoms with Crippen LogP contribution in [0.2, 0.25) is 0 Å². The molecule has 0 aliphatic rings. The number of aryl methyl sites for hydroxylation is 1. The van der Waals surface area contributed by atoms with Crippen molar-refractivity contribution in [3.8, 4) is 5.75 Å². The van der Waals surface area contributed by atoms with Crippen molar-refractivity contribution >= 4 is 5.69 Å². The third-order valence-corrected chi connectivity index (χ3v) is 2.95. The highest BCUT2D eigenvalue weighted by Crippen LogP contribution is 2.29. The summed E-state index contributed by atoms with van der Waals surface area (Å²) in [6.45, 7) is 1.81. The number of nitrogens with zero attached hydrogens (tertiary/aromatic N) is 3. The fourth-order valence-electron chi connectivity index (χ4n) is 1.78. The fraction of sp³-hybridized carbons (Fsp3) is 0.308. The van der Waals surface area contributed by atoms with Gasteiger partial charge in [-0.15, -0.1) is 0 Å². The van der Waals surface area contributed by atoms with E-state index in [1.807, 2.05) is 11.6 Å². The summed E-state index contributed by atoms with van der Waals surface area (Å²) >= 11 is 0. The maximum absolute atomic E-state index is 10.7. The molecule has 0 unspecified atom stereocenters. The predicted octanol–water partition coefficient (Wildman–Crippen LogP) is 1.96. The first-order chi connectivity index (χ1) is 9.49. The largest absolute Gasteiger partial charge is 0.487 e. The number of imidazole rings is 1. The van der Waals surface area contributed by atoms with Gasteiger partial charge in [0.25, 0.3) is 5.69 Å². The summed E-state index contributed by atoms with van der Waals surface area (Å²) in [7, 11) is 1.84. The number of aromatic nitrogens is 2. The first kappa shape index (κ1) is 14.0. The number of hydrogen-bond donors (Lipinski definition) is 1. The molecular weight excluding hydrogens is 262 g/mol. The summed E-state index contributed by atoms with van der Waals surface area (Å²) in [6, 6.07) is 4.17. The zero-order chi connectivity index (χ0) is 14.7. The number of non-ortho nitro benzene ring substituents is 1. The number of nitro benzene ring substituents is 1. The van der Waals surface area contributed by atoms with Crippen LogP contribution in [0.4, 0.5) is 5.69 Å². The highest BCUT2D eigenvalue weighted by molar-refractivity contribution is 5.44. The van der Waals surface area contributed by atoms with Crippen LogP contribution >= 0.6 is 0 Å². The molecule has 2 aromatic rings. The van der Waals surface area contributed by atoms with E-state index in [0.717, 1.165) is 5.69 Å². The molecule has 0 fully saturated rings. The lowest BCUT2D eigenvalue weighted by atomic mass is 10.1. The number of nitro groups is 1. The Morgan fingerprint density at radius 2 is 2.30 bits per heavy atom. The van der Waals surface area contributed by atoms with Crippen molar-refractivity contribution in [2.24, 2.45) is 7.05 Å². The maximum atomic E-state index is 10.7. The van der Waals surface area contributed by atoms with Gasteiger partial charge in [-0.3, -0.25) is 10.1 Å². The molecule has 1 N–H and O–H groups in total. The molecule has 7 nitrogen and oxygen atoms in total. The SMILES string of the molecule is C[C@@H](O)c1cc([N+](=O)[O-])ccc1OCc1cncn1C. The van der Waals surface area contributed by atoms with Gasteiger partial charge in [0, 0.05) is 24.7 Å². The average Bonchev–Trinajstić information content (AvgIpc) is 2.81. The average molecular weight is 277 g/mol. The van der Waals surface area contributed by atoms with Gasteiger partial charge in [-0.2, -0.15) is 0 Å². The van der Waals surface area contributed by atoms with E-state index >= 15 is 0 Å². The van der Waals surface area contributed by atoms with E-state index in [2.05, 4.69) is 4.98 Å². The summed E-state index contributed by atoms with van der Waals surface area (Å²) in [5.41, 5.74) is 1.18. The van der Waals surface area contributed by atoms with Crippen LogP contribution in [-0.2, 0) is 13.7 Å². The molecule has 0 saturated heterocycles. The number of hydrogen-bond acceptors (Lipinski definition) is 5. The summed E-state index contributed by atoms with van der Waals surface area (Å²) in [5.74, 6) is 0.423. The summed E-state index contributed by atoms with van der Waals surface area (Å²) in [5, 5.41) is 20.5. The Hall–Kier alpha value is -2.41. The van der Waals surface area contributed by atoms with E-state index in [0.29, 0.717) is 11.3 Å². The first-order valence-electron chi connectivity index (χ1n) is 6.03. The molecule has 0 aliphatic carbocycles. The number of aliphatic hydroxyl groups is 1. The topological polar surface area (TPSA) is 90.4 Å². The van der Waals surface area contributed by atoms with Crippen molar-refractivity contribution in [1.82, 2.24) is 9.55 Å². The normalized spacial score (nSPS) is 12.2. The van der Waals surface area contributed by atoms with Crippen LogP contribution in [0.1, 0.15) is 24.3 Å². The lowest BCUT2D eigenvalue weighted by molar-refractivity contribution is -0.385. The number of aliphatic hydroxyl groups excluding tert-OH is 1. The molecule has 1 aromatic heterocycles. The van der Waals surface area contributed by atoms with E-state index < -0.39 is 11.0 Å². The Morgan fingerprint density at radius 1 is 1.55 bits per heavy atom. The minimum Gasteiger partial charge on any atom is -0.487 e. The van der Waals surface area contributed by atoms with Crippen molar-refractivity contribution in [3.05, 3.63) is 52.1 Å². The van der Waals surface area contributed by atoms with Crippen molar-refractivity contribution < 1.29 is 14.8 Å². The maximum Gasteiger partial charge on any atom is 0.270 e. The lowest BCUT2D eigenvalue weighted by Crippen LogP contribution is -2.04. The molecule has 0 spiro atoms. The Balaban J connectivity index is 2.22. The monoisotopic (exact) mass is 277 g/mol. The molecule has 0 amide bonds. The fourth-order valence-corrected chi connectivity index (χ4v) is 1.78. The number of rotatable bonds is 5. The van der Waals surface area contributed by atoms with E-state index in [-0.39, 0.29) is 12.3 Å². The Morgan fingerprint density at radius 3 is 2.85 bits per heavy atom. The molecule has 106 valence electrons. The summed E-state index contributed by atoms with van der Waals surface area (Å²) in [4.78, 5) is 14.2. The lowest BCUT2D eigenvalue weighted by Gasteiger charge is -2.13. The van der Waals surface area contributed by atoms with Gasteiger partial charge in [-0.25, -0.2) is 4.98 Å². The molecule has 0 bridgehead atoms. The summed E-state index contributed by atoms with van der Waals surface area (Å²) < 4.78 is 7.43. The molecule has 20 heavy (non-hydrogen) atoms. The van der Waals surface area contributed by atoms with Crippen LogP contribution in [0.15, 0.2) is 30.7 Å². The van der Waals surface area contributed by atoms with E-state index in [9.17, 15) is 15.2 Å². The molecule has 0 saturated carbocycles. The molecule has 0 aliphatic heterocycles. The third kappa shape index (κ3) is 2.94. The zero-order valence-electron chi connectivity index (χ0n) is 11.2. The first-order valence-corrected chi connectivity index (χ1v) is 6.03. The Kier molecular flexibility index (Phi) is 3.99. The Bertz CT molecular complexity index is 622. The van der Waals surface area contributed by atoms with Gasteiger partial charge in [-0.1, -0.05) is 0 Å². The third-order valence-electron chi connectivity index (χ3n) is 2.95. The van der Waals surface area contributed by atoms with Gasteiger partial charge in [0.1, 0.15) is 12.4 Å². The highest BCUT2D eigenvalue weighted by atomic mass is 16.6. The van der Waals surface area contributed by atoms with Crippen molar-refractivity contribution in [2.45, 2.75) is 19.6 Å². The van der Waals surface area contributed by atoms with Crippen LogP contribution in [-0.4, -0.2) is 19.6 Å². The van der Waals surface area contributed by atoms with Crippen LogP contribution < -0.4 is 4.74 Å². The minimum absolute atomic E-state index is 0.0752. The van der Waals surface area contributed by atoms with Gasteiger partial charge < -0.3 is 14.4 Å². The second-order valence-electron chi connectivity index (χ2n) is 4.44. The van der Waals surface area contributed by atoms with Gasteiger partial charge in [0.05, 0.1) is 29.2 Å². The van der Waals surface area contributed by atoms with Gasteiger partial charge in [0.2, 0.25) is 0 Å². The Labute approximate surface area is 115 Å². The standard InChI is InChI=1S/C13H15N3O4/c1-9(17)12-5-10(16(18)19)3-4-13(12)20-7-11-6-14-8-15(11)2/h3-6,8-9,17H,7H2,1-2H3/t9-/m1/s1. The van der Waals surface area contributed by atoms with Gasteiger partial charge >= 0.3 is 0 Å². The van der Waals surface area contributed by atoms with E-state index in [1.165, 1.54) is 25.1 Å². The van der Waals surface area contributed by atoms with Gasteiger partial charge in [-0.05, 0) is 13.0 Å². The minimum atomic E-state index is -0.851. The van der Waals surface area contributed by atoms with Crippen molar-refractivity contribution in [1.29, 1.82) is 0 Å². The van der Waals surface area contributed by atoms with Crippen molar-refractivity contribution in [3.63, 3.8) is 0 Å². The molecular formula is C13H15N3O4. The van der Waals surface area contributed by atoms with Crippen LogP contribution in [0, 0.1) is 10.1 Å². The number of ether oxygens (including phenoxy) is 1. The quantitative estimate of drug-likeness (QED) is 0.666. The predicted molar refractivity (Wildman–Crippen MR) is 71.3 cm³/mol.